The van der Waals surface area contributed by atoms with Gasteiger partial charge in [0.15, 0.2) is 17.5 Å². The fraction of sp³-hybridized carbons (Fsp3) is 0.522. The van der Waals surface area contributed by atoms with Crippen molar-refractivity contribution >= 4 is 17.5 Å². The first-order valence-corrected chi connectivity index (χ1v) is 12.1. The van der Waals surface area contributed by atoms with Crippen molar-refractivity contribution in [1.29, 1.82) is 0 Å². The molecule has 2 saturated heterocycles. The zero-order chi connectivity index (χ0) is 22.9. The van der Waals surface area contributed by atoms with Crippen LogP contribution in [0.4, 0.5) is 11.6 Å². The summed E-state index contributed by atoms with van der Waals surface area (Å²) in [6.07, 6.45) is 8.25. The number of nitrogens with zero attached hydrogens (tertiary/aromatic N) is 10. The first-order valence-electron chi connectivity index (χ1n) is 12.1. The van der Waals surface area contributed by atoms with Gasteiger partial charge in [0, 0.05) is 39.3 Å². The van der Waals surface area contributed by atoms with E-state index in [1.54, 1.807) is 11.0 Å². The Morgan fingerprint density at radius 2 is 1.68 bits per heavy atom. The van der Waals surface area contributed by atoms with Crippen molar-refractivity contribution in [2.24, 2.45) is 5.92 Å². The minimum atomic E-state index is -0.0168. The van der Waals surface area contributed by atoms with Gasteiger partial charge in [0.1, 0.15) is 12.7 Å². The van der Waals surface area contributed by atoms with Gasteiger partial charge in [0.2, 0.25) is 5.91 Å². The van der Waals surface area contributed by atoms with Crippen molar-refractivity contribution < 1.29 is 4.79 Å². The summed E-state index contributed by atoms with van der Waals surface area (Å²) in [5, 5.41) is 21.6. The molecule has 0 radical (unpaired) electrons. The molecule has 5 heterocycles. The van der Waals surface area contributed by atoms with E-state index in [0.717, 1.165) is 75.7 Å². The molecular weight excluding hydrogens is 432 g/mol. The van der Waals surface area contributed by atoms with Crippen LogP contribution in [0.1, 0.15) is 30.5 Å². The van der Waals surface area contributed by atoms with Crippen LogP contribution in [0, 0.1) is 5.92 Å². The fourth-order valence-corrected chi connectivity index (χ4v) is 5.21. The summed E-state index contributed by atoms with van der Waals surface area (Å²) < 4.78 is 1.58. The highest BCUT2D eigenvalue weighted by Gasteiger charge is 2.32. The highest BCUT2D eigenvalue weighted by atomic mass is 16.2. The van der Waals surface area contributed by atoms with Gasteiger partial charge in [-0.2, -0.15) is 10.2 Å². The Hall–Kier alpha value is -3.63. The molecule has 6 rings (SSSR count). The van der Waals surface area contributed by atoms with E-state index >= 15 is 0 Å². The molecule has 3 aromatic rings. The van der Waals surface area contributed by atoms with Crippen molar-refractivity contribution in [1.82, 2.24) is 40.1 Å². The number of aromatic nitrogens is 7. The van der Waals surface area contributed by atoms with Gasteiger partial charge < -0.3 is 14.7 Å². The Morgan fingerprint density at radius 1 is 0.853 bits per heavy atom. The van der Waals surface area contributed by atoms with E-state index in [9.17, 15) is 4.79 Å². The molecule has 3 aliphatic rings. The van der Waals surface area contributed by atoms with Gasteiger partial charge in [-0.3, -0.25) is 4.79 Å². The lowest BCUT2D eigenvalue weighted by molar-refractivity contribution is -0.136. The summed E-state index contributed by atoms with van der Waals surface area (Å²) >= 11 is 0. The monoisotopic (exact) mass is 460 g/mol. The number of anilines is 2. The second kappa shape index (κ2) is 8.96. The third-order valence-electron chi connectivity index (χ3n) is 7.11. The lowest BCUT2D eigenvalue weighted by Crippen LogP contribution is -2.53. The number of piperazine rings is 1. The standard InChI is InChI=1S/C23H28N10O/c34-23(31-11-9-30(10-12-31)22-13-17-3-1-5-19(17)26-29-22)18-4-2-8-32(14-18)20-6-7-21(28-27-20)33-16-24-15-25-33/h6-7,13,15-16,18H,1-5,8-12,14H2. The molecule has 1 atom stereocenters. The summed E-state index contributed by atoms with van der Waals surface area (Å²) in [6, 6.07) is 6.01. The molecule has 11 heteroatoms. The van der Waals surface area contributed by atoms with E-state index in [4.69, 9.17) is 0 Å². The Morgan fingerprint density at radius 3 is 2.47 bits per heavy atom. The van der Waals surface area contributed by atoms with Crippen LogP contribution >= 0.6 is 0 Å². The average molecular weight is 461 g/mol. The van der Waals surface area contributed by atoms with E-state index in [1.165, 1.54) is 18.3 Å². The minimum Gasteiger partial charge on any atom is -0.354 e. The summed E-state index contributed by atoms with van der Waals surface area (Å²) in [5.74, 6) is 2.59. The van der Waals surface area contributed by atoms with E-state index in [0.29, 0.717) is 12.4 Å². The van der Waals surface area contributed by atoms with E-state index in [-0.39, 0.29) is 11.8 Å². The lowest BCUT2D eigenvalue weighted by Gasteiger charge is -2.39. The van der Waals surface area contributed by atoms with Gasteiger partial charge >= 0.3 is 0 Å². The van der Waals surface area contributed by atoms with Gasteiger partial charge in [-0.25, -0.2) is 9.67 Å². The third-order valence-corrected chi connectivity index (χ3v) is 7.11. The first kappa shape index (κ1) is 20.9. The fourth-order valence-electron chi connectivity index (χ4n) is 5.21. The molecule has 1 amide bonds. The minimum absolute atomic E-state index is 0.0168. The molecule has 3 aromatic heterocycles. The zero-order valence-corrected chi connectivity index (χ0v) is 19.1. The normalized spacial score (nSPS) is 20.5. The number of rotatable bonds is 4. The molecule has 0 spiro atoms. The molecule has 34 heavy (non-hydrogen) atoms. The van der Waals surface area contributed by atoms with Crippen LogP contribution < -0.4 is 9.80 Å². The number of hydrogen-bond acceptors (Lipinski definition) is 9. The summed E-state index contributed by atoms with van der Waals surface area (Å²) in [4.78, 5) is 23.7. The highest BCUT2D eigenvalue weighted by molar-refractivity contribution is 5.80. The average Bonchev–Trinajstić information content (AvgIpc) is 3.61. The molecule has 1 aliphatic carbocycles. The van der Waals surface area contributed by atoms with Crippen LogP contribution in [-0.2, 0) is 17.6 Å². The molecule has 2 fully saturated rings. The largest absolute Gasteiger partial charge is 0.354 e. The van der Waals surface area contributed by atoms with Crippen molar-refractivity contribution in [2.45, 2.75) is 32.1 Å². The second-order valence-corrected chi connectivity index (χ2v) is 9.22. The van der Waals surface area contributed by atoms with E-state index in [2.05, 4.69) is 46.3 Å². The molecule has 0 N–H and O–H groups in total. The van der Waals surface area contributed by atoms with Crippen LogP contribution in [0.25, 0.3) is 5.82 Å². The molecule has 11 nitrogen and oxygen atoms in total. The topological polar surface area (TPSA) is 109 Å². The Labute approximate surface area is 197 Å². The highest BCUT2D eigenvalue weighted by Crippen LogP contribution is 2.26. The first-order chi connectivity index (χ1) is 16.7. The summed E-state index contributed by atoms with van der Waals surface area (Å²) in [5.41, 5.74) is 2.49. The van der Waals surface area contributed by atoms with Gasteiger partial charge in [0.05, 0.1) is 11.6 Å². The number of fused-ring (bicyclic) bond motifs is 1. The number of carbonyl (C=O) groups is 1. The summed E-state index contributed by atoms with van der Waals surface area (Å²) in [7, 11) is 0. The van der Waals surface area contributed by atoms with Crippen LogP contribution in [-0.4, -0.2) is 85.2 Å². The Balaban J connectivity index is 1.06. The smallest absolute Gasteiger partial charge is 0.227 e. The zero-order valence-electron chi connectivity index (χ0n) is 19.1. The maximum Gasteiger partial charge on any atom is 0.227 e. The molecule has 0 saturated carbocycles. The molecule has 1 unspecified atom stereocenters. The Kier molecular flexibility index (Phi) is 5.52. The van der Waals surface area contributed by atoms with Gasteiger partial charge in [-0.05, 0) is 55.9 Å². The maximum absolute atomic E-state index is 13.3. The lowest BCUT2D eigenvalue weighted by atomic mass is 9.96. The van der Waals surface area contributed by atoms with Gasteiger partial charge in [-0.1, -0.05) is 0 Å². The molecule has 0 bridgehead atoms. The third kappa shape index (κ3) is 4.06. The number of piperidine rings is 1. The van der Waals surface area contributed by atoms with Crippen molar-refractivity contribution in [3.8, 4) is 5.82 Å². The molecule has 2 aliphatic heterocycles. The van der Waals surface area contributed by atoms with Crippen molar-refractivity contribution in [3.63, 3.8) is 0 Å². The van der Waals surface area contributed by atoms with Crippen LogP contribution in [0.3, 0.4) is 0 Å². The maximum atomic E-state index is 13.3. The van der Waals surface area contributed by atoms with Gasteiger partial charge in [0.25, 0.3) is 0 Å². The molecule has 176 valence electrons. The number of hydrogen-bond donors (Lipinski definition) is 0. The Bertz CT molecular complexity index is 1140. The summed E-state index contributed by atoms with van der Waals surface area (Å²) in [6.45, 7) is 4.59. The number of carbonyl (C=O) groups excluding carboxylic acids is 1. The van der Waals surface area contributed by atoms with Gasteiger partial charge in [-0.15, -0.1) is 15.3 Å². The van der Waals surface area contributed by atoms with Crippen LogP contribution in [0.5, 0.6) is 0 Å². The van der Waals surface area contributed by atoms with Crippen molar-refractivity contribution in [2.75, 3.05) is 49.1 Å². The molecular formula is C23H28N10O. The predicted octanol–water partition coefficient (Wildman–Crippen LogP) is 0.901. The van der Waals surface area contributed by atoms with Crippen LogP contribution in [0.2, 0.25) is 0 Å². The van der Waals surface area contributed by atoms with E-state index in [1.807, 2.05) is 17.0 Å². The quantitative estimate of drug-likeness (QED) is 0.561. The number of amides is 1. The number of aryl methyl sites for hydroxylation is 2. The SMILES string of the molecule is O=C(C1CCCN(c2ccc(-n3cncn3)nn2)C1)N1CCN(c2cc3c(nn2)CCC3)CC1. The van der Waals surface area contributed by atoms with E-state index < -0.39 is 0 Å². The van der Waals surface area contributed by atoms with Crippen molar-refractivity contribution in [3.05, 3.63) is 42.1 Å². The second-order valence-electron chi connectivity index (χ2n) is 9.22. The predicted molar refractivity (Wildman–Crippen MR) is 125 cm³/mol. The van der Waals surface area contributed by atoms with Crippen LogP contribution in [0.15, 0.2) is 30.9 Å². The molecule has 0 aromatic carbocycles.